The minimum absolute atomic E-state index is 0.0129. The summed E-state index contributed by atoms with van der Waals surface area (Å²) in [6.07, 6.45) is 4.01. The summed E-state index contributed by atoms with van der Waals surface area (Å²) in [5.74, 6) is 5.82. The highest BCUT2D eigenvalue weighted by Crippen LogP contribution is 2.35. The average molecular weight is 221 g/mol. The Kier molecular flexibility index (Phi) is 3.29. The molecule has 1 aromatic rings. The lowest BCUT2D eigenvalue weighted by molar-refractivity contribution is -0.126. The Balaban J connectivity index is 1.92. The molecule has 1 fully saturated rings. The van der Waals surface area contributed by atoms with Gasteiger partial charge in [0.05, 0.1) is 0 Å². The molecule has 0 unspecified atom stereocenters. The number of carbonyl (C=O) groups is 1. The van der Waals surface area contributed by atoms with Crippen molar-refractivity contribution in [3.63, 3.8) is 0 Å². The highest BCUT2D eigenvalue weighted by molar-refractivity contribution is 5.78. The number of H-pyrrole nitrogens is 1. The Hall–Kier alpha value is -1.29. The van der Waals surface area contributed by atoms with E-state index in [4.69, 9.17) is 5.84 Å². The van der Waals surface area contributed by atoms with Crippen LogP contribution in [0, 0.1) is 12.8 Å². The smallest absolute Gasteiger partial charge is 0.236 e. The summed E-state index contributed by atoms with van der Waals surface area (Å²) in [5.41, 5.74) is 4.76. The monoisotopic (exact) mass is 221 g/mol. The zero-order valence-electron chi connectivity index (χ0n) is 9.62. The molecule has 4 nitrogen and oxygen atoms in total. The first-order valence-electron chi connectivity index (χ1n) is 5.86. The second-order valence-corrected chi connectivity index (χ2v) is 4.65. The van der Waals surface area contributed by atoms with Crippen molar-refractivity contribution in [2.75, 3.05) is 0 Å². The van der Waals surface area contributed by atoms with E-state index >= 15 is 0 Å². The van der Waals surface area contributed by atoms with Crippen molar-refractivity contribution in [1.29, 1.82) is 0 Å². The van der Waals surface area contributed by atoms with E-state index in [1.165, 1.54) is 11.4 Å². The Bertz CT molecular complexity index is 364. The van der Waals surface area contributed by atoms with Gasteiger partial charge in [0.1, 0.15) is 0 Å². The van der Waals surface area contributed by atoms with Crippen LogP contribution in [0.15, 0.2) is 12.1 Å². The van der Waals surface area contributed by atoms with Gasteiger partial charge in [-0.15, -0.1) is 0 Å². The molecule has 16 heavy (non-hydrogen) atoms. The molecule has 1 saturated carbocycles. The number of nitrogens with two attached hydrogens (primary N) is 1. The van der Waals surface area contributed by atoms with Crippen molar-refractivity contribution >= 4 is 5.91 Å². The van der Waals surface area contributed by atoms with Crippen LogP contribution in [0.4, 0.5) is 0 Å². The van der Waals surface area contributed by atoms with Crippen molar-refractivity contribution < 1.29 is 4.79 Å². The van der Waals surface area contributed by atoms with Crippen molar-refractivity contribution in [1.82, 2.24) is 10.4 Å². The Morgan fingerprint density at radius 3 is 2.56 bits per heavy atom. The number of aryl methyl sites for hydroxylation is 1. The number of hydrazine groups is 1. The lowest BCUT2D eigenvalue weighted by atomic mass is 9.80. The lowest BCUT2D eigenvalue weighted by Gasteiger charge is -2.26. The number of carbonyl (C=O) groups excluding carboxylic acids is 1. The molecule has 1 amide bonds. The number of aromatic amines is 1. The quantitative estimate of drug-likeness (QED) is 0.403. The topological polar surface area (TPSA) is 70.9 Å². The summed E-state index contributed by atoms with van der Waals surface area (Å²) in [4.78, 5) is 14.7. The van der Waals surface area contributed by atoms with Crippen LogP contribution in [-0.4, -0.2) is 10.9 Å². The van der Waals surface area contributed by atoms with Gasteiger partial charge in [0.2, 0.25) is 5.91 Å². The first kappa shape index (κ1) is 11.2. The Morgan fingerprint density at radius 1 is 1.38 bits per heavy atom. The molecule has 1 heterocycles. The van der Waals surface area contributed by atoms with E-state index in [1.807, 2.05) is 0 Å². The van der Waals surface area contributed by atoms with Gasteiger partial charge in [-0.25, -0.2) is 5.84 Å². The van der Waals surface area contributed by atoms with Crippen LogP contribution >= 0.6 is 0 Å². The first-order chi connectivity index (χ1) is 7.70. The summed E-state index contributed by atoms with van der Waals surface area (Å²) < 4.78 is 0. The van der Waals surface area contributed by atoms with Crippen LogP contribution in [0.5, 0.6) is 0 Å². The third kappa shape index (κ3) is 2.27. The van der Waals surface area contributed by atoms with Crippen LogP contribution in [0.25, 0.3) is 0 Å². The van der Waals surface area contributed by atoms with Gasteiger partial charge in [-0.05, 0) is 50.7 Å². The lowest BCUT2D eigenvalue weighted by Crippen LogP contribution is -2.37. The molecular formula is C12H19N3O. The summed E-state index contributed by atoms with van der Waals surface area (Å²) in [7, 11) is 0. The van der Waals surface area contributed by atoms with E-state index in [0.29, 0.717) is 5.92 Å². The van der Waals surface area contributed by atoms with E-state index in [9.17, 15) is 4.79 Å². The SMILES string of the molecule is Cc1ccc(C2CCC(C(=O)NN)CC2)[nH]1. The maximum Gasteiger partial charge on any atom is 0.236 e. The van der Waals surface area contributed by atoms with Gasteiger partial charge in [-0.3, -0.25) is 10.2 Å². The number of amides is 1. The van der Waals surface area contributed by atoms with Gasteiger partial charge in [-0.2, -0.15) is 0 Å². The second-order valence-electron chi connectivity index (χ2n) is 4.65. The van der Waals surface area contributed by atoms with E-state index in [-0.39, 0.29) is 11.8 Å². The molecule has 0 radical (unpaired) electrons. The minimum Gasteiger partial charge on any atom is -0.362 e. The van der Waals surface area contributed by atoms with Crippen LogP contribution in [0.1, 0.15) is 43.0 Å². The summed E-state index contributed by atoms with van der Waals surface area (Å²) in [5, 5.41) is 0. The van der Waals surface area contributed by atoms with Gasteiger partial charge in [0.25, 0.3) is 0 Å². The molecule has 1 aliphatic carbocycles. The molecule has 2 rings (SSSR count). The number of nitrogens with one attached hydrogen (secondary N) is 2. The molecule has 0 bridgehead atoms. The third-order valence-corrected chi connectivity index (χ3v) is 3.53. The van der Waals surface area contributed by atoms with Crippen molar-refractivity contribution in [2.45, 2.75) is 38.5 Å². The highest BCUT2D eigenvalue weighted by atomic mass is 16.2. The highest BCUT2D eigenvalue weighted by Gasteiger charge is 2.26. The van der Waals surface area contributed by atoms with Crippen molar-refractivity contribution in [2.24, 2.45) is 11.8 Å². The Morgan fingerprint density at radius 2 is 2.06 bits per heavy atom. The maximum atomic E-state index is 11.4. The molecule has 0 aromatic carbocycles. The largest absolute Gasteiger partial charge is 0.362 e. The van der Waals surface area contributed by atoms with E-state index in [0.717, 1.165) is 25.7 Å². The molecule has 0 spiro atoms. The standard InChI is InChI=1S/C12H19N3O/c1-8-2-7-11(14-8)9-3-5-10(6-4-9)12(16)15-13/h2,7,9-10,14H,3-6,13H2,1H3,(H,15,16). The van der Waals surface area contributed by atoms with Gasteiger partial charge >= 0.3 is 0 Å². The van der Waals surface area contributed by atoms with Gasteiger partial charge in [0, 0.05) is 17.3 Å². The second kappa shape index (κ2) is 4.70. The maximum absolute atomic E-state index is 11.4. The molecule has 4 N–H and O–H groups in total. The van der Waals surface area contributed by atoms with Crippen molar-refractivity contribution in [3.8, 4) is 0 Å². The van der Waals surface area contributed by atoms with Gasteiger partial charge in [0.15, 0.2) is 0 Å². The zero-order chi connectivity index (χ0) is 11.5. The summed E-state index contributed by atoms with van der Waals surface area (Å²) in [6.45, 7) is 2.07. The Labute approximate surface area is 95.6 Å². The van der Waals surface area contributed by atoms with Crippen LogP contribution in [0.3, 0.4) is 0 Å². The normalized spacial score (nSPS) is 25.4. The first-order valence-corrected chi connectivity index (χ1v) is 5.86. The number of aromatic nitrogens is 1. The van der Waals surface area contributed by atoms with E-state index in [1.54, 1.807) is 0 Å². The molecule has 4 heteroatoms. The fourth-order valence-corrected chi connectivity index (χ4v) is 2.55. The van der Waals surface area contributed by atoms with Crippen LogP contribution in [-0.2, 0) is 4.79 Å². The molecule has 0 atom stereocenters. The molecular weight excluding hydrogens is 202 g/mol. The summed E-state index contributed by atoms with van der Waals surface area (Å²) >= 11 is 0. The van der Waals surface area contributed by atoms with Crippen LogP contribution in [0.2, 0.25) is 0 Å². The predicted octanol–water partition coefficient (Wildman–Crippen LogP) is 1.59. The number of rotatable bonds is 2. The fourth-order valence-electron chi connectivity index (χ4n) is 2.55. The van der Waals surface area contributed by atoms with Crippen LogP contribution < -0.4 is 11.3 Å². The molecule has 1 aliphatic rings. The molecule has 1 aromatic heterocycles. The number of hydrogen-bond acceptors (Lipinski definition) is 2. The zero-order valence-corrected chi connectivity index (χ0v) is 9.62. The summed E-state index contributed by atoms with van der Waals surface area (Å²) in [6, 6.07) is 4.26. The van der Waals surface area contributed by atoms with Crippen molar-refractivity contribution in [3.05, 3.63) is 23.5 Å². The molecule has 0 saturated heterocycles. The van der Waals surface area contributed by atoms with Gasteiger partial charge < -0.3 is 4.98 Å². The average Bonchev–Trinajstić information content (AvgIpc) is 2.75. The molecule has 0 aliphatic heterocycles. The number of hydrogen-bond donors (Lipinski definition) is 3. The van der Waals surface area contributed by atoms with E-state index < -0.39 is 0 Å². The predicted molar refractivity (Wildman–Crippen MR) is 62.6 cm³/mol. The third-order valence-electron chi connectivity index (χ3n) is 3.53. The molecule has 88 valence electrons. The fraction of sp³-hybridized carbons (Fsp3) is 0.583. The minimum atomic E-state index is -0.0129. The van der Waals surface area contributed by atoms with Gasteiger partial charge in [-0.1, -0.05) is 0 Å². The van der Waals surface area contributed by atoms with E-state index in [2.05, 4.69) is 29.5 Å².